The molecule has 0 aliphatic rings. The maximum Gasteiger partial charge on any atom is 0.323 e. The Labute approximate surface area is 107 Å². The summed E-state index contributed by atoms with van der Waals surface area (Å²) in [5.74, 6) is -1.06. The molecule has 0 radical (unpaired) electrons. The zero-order valence-corrected chi connectivity index (χ0v) is 10.7. The molecule has 0 fully saturated rings. The fourth-order valence-corrected chi connectivity index (χ4v) is 1.35. The van der Waals surface area contributed by atoms with Crippen molar-refractivity contribution in [3.8, 4) is 0 Å². The fraction of sp³-hybridized carbons (Fsp3) is 0.500. The lowest BCUT2D eigenvalue weighted by atomic mass is 10.4. The highest BCUT2D eigenvalue weighted by Gasteiger charge is 2.21. The average molecular weight is 256 g/mol. The van der Waals surface area contributed by atoms with Gasteiger partial charge in [-0.05, 0) is 0 Å². The van der Waals surface area contributed by atoms with Gasteiger partial charge in [-0.2, -0.15) is 0 Å². The van der Waals surface area contributed by atoms with Crippen LogP contribution in [0.1, 0.15) is 0 Å². The van der Waals surface area contributed by atoms with Gasteiger partial charge in [-0.15, -0.1) is 13.2 Å². The van der Waals surface area contributed by atoms with Crippen molar-refractivity contribution in [2.45, 2.75) is 0 Å². The number of methoxy groups -OCH3 is 1. The Bertz CT molecular complexity index is 294. The van der Waals surface area contributed by atoms with Gasteiger partial charge in [-0.1, -0.05) is 12.2 Å². The second kappa shape index (κ2) is 9.23. The number of carboxylic acid groups (broad SMARTS) is 1. The number of hydrogen-bond donors (Lipinski definition) is 1. The third-order valence-corrected chi connectivity index (χ3v) is 2.13. The van der Waals surface area contributed by atoms with Crippen LogP contribution in [0.4, 0.5) is 4.79 Å². The summed E-state index contributed by atoms with van der Waals surface area (Å²) >= 11 is 0. The third-order valence-electron chi connectivity index (χ3n) is 2.13. The van der Waals surface area contributed by atoms with Crippen LogP contribution in [0.25, 0.3) is 0 Å². The molecule has 0 rings (SSSR count). The van der Waals surface area contributed by atoms with Crippen LogP contribution in [0, 0.1) is 0 Å². The van der Waals surface area contributed by atoms with Crippen LogP contribution in [-0.4, -0.2) is 66.8 Å². The van der Waals surface area contributed by atoms with E-state index in [1.54, 1.807) is 12.2 Å². The lowest BCUT2D eigenvalue weighted by Gasteiger charge is -2.28. The molecule has 18 heavy (non-hydrogen) atoms. The van der Waals surface area contributed by atoms with E-state index >= 15 is 0 Å². The molecule has 0 aliphatic heterocycles. The average Bonchev–Trinajstić information content (AvgIpc) is 2.33. The maximum atomic E-state index is 12.1. The maximum absolute atomic E-state index is 12.1. The predicted octanol–water partition coefficient (Wildman–Crippen LogP) is 0.813. The van der Waals surface area contributed by atoms with E-state index in [1.807, 2.05) is 0 Å². The van der Waals surface area contributed by atoms with Crippen molar-refractivity contribution >= 4 is 12.0 Å². The number of ether oxygens (including phenoxy) is 1. The summed E-state index contributed by atoms with van der Waals surface area (Å²) in [5.41, 5.74) is 0. The molecular weight excluding hydrogens is 236 g/mol. The summed E-state index contributed by atoms with van der Waals surface area (Å²) in [4.78, 5) is 25.5. The van der Waals surface area contributed by atoms with Crippen LogP contribution in [-0.2, 0) is 9.53 Å². The number of carbonyl (C=O) groups is 2. The summed E-state index contributed by atoms with van der Waals surface area (Å²) in [5, 5.41) is 8.78. The SMILES string of the molecule is C=CCN(CC=C)C(=O)N(CCOC)CC(=O)O. The molecule has 6 heteroatoms. The van der Waals surface area contributed by atoms with E-state index in [1.165, 1.54) is 16.9 Å². The van der Waals surface area contributed by atoms with E-state index in [4.69, 9.17) is 9.84 Å². The molecule has 0 aromatic heterocycles. The molecule has 0 bridgehead atoms. The molecule has 0 aromatic rings. The summed E-state index contributed by atoms with van der Waals surface area (Å²) < 4.78 is 4.86. The largest absolute Gasteiger partial charge is 0.480 e. The molecule has 6 nitrogen and oxygen atoms in total. The van der Waals surface area contributed by atoms with Crippen molar-refractivity contribution in [2.75, 3.05) is 39.9 Å². The molecule has 0 saturated heterocycles. The number of carboxylic acids is 1. The molecule has 0 atom stereocenters. The highest BCUT2D eigenvalue weighted by atomic mass is 16.5. The van der Waals surface area contributed by atoms with Crippen LogP contribution in [0.15, 0.2) is 25.3 Å². The first kappa shape index (κ1) is 16.2. The second-order valence-electron chi connectivity index (χ2n) is 3.57. The lowest BCUT2D eigenvalue weighted by Crippen LogP contribution is -2.46. The number of amides is 2. The Morgan fingerprint density at radius 2 is 1.78 bits per heavy atom. The van der Waals surface area contributed by atoms with Gasteiger partial charge in [0.15, 0.2) is 0 Å². The minimum atomic E-state index is -1.06. The van der Waals surface area contributed by atoms with Gasteiger partial charge in [-0.25, -0.2) is 4.79 Å². The van der Waals surface area contributed by atoms with E-state index in [0.717, 1.165) is 0 Å². The van der Waals surface area contributed by atoms with Crippen molar-refractivity contribution in [3.63, 3.8) is 0 Å². The summed E-state index contributed by atoms with van der Waals surface area (Å²) in [6.07, 6.45) is 3.16. The zero-order chi connectivity index (χ0) is 14.0. The van der Waals surface area contributed by atoms with Gasteiger partial charge in [-0.3, -0.25) is 4.79 Å². The minimum absolute atomic E-state index is 0.229. The fourth-order valence-electron chi connectivity index (χ4n) is 1.35. The first-order valence-electron chi connectivity index (χ1n) is 5.53. The Morgan fingerprint density at radius 1 is 1.22 bits per heavy atom. The van der Waals surface area contributed by atoms with Crippen LogP contribution in [0.3, 0.4) is 0 Å². The molecule has 1 N–H and O–H groups in total. The molecule has 0 saturated carbocycles. The highest BCUT2D eigenvalue weighted by molar-refractivity contribution is 5.80. The van der Waals surface area contributed by atoms with Gasteiger partial charge in [0.25, 0.3) is 0 Å². The third kappa shape index (κ3) is 6.05. The molecule has 0 aliphatic carbocycles. The van der Waals surface area contributed by atoms with Crippen LogP contribution in [0.5, 0.6) is 0 Å². The van der Waals surface area contributed by atoms with E-state index in [-0.39, 0.29) is 25.7 Å². The lowest BCUT2D eigenvalue weighted by molar-refractivity contribution is -0.137. The van der Waals surface area contributed by atoms with Gasteiger partial charge < -0.3 is 19.6 Å². The quantitative estimate of drug-likeness (QED) is 0.620. The molecule has 0 heterocycles. The van der Waals surface area contributed by atoms with Crippen molar-refractivity contribution in [3.05, 3.63) is 25.3 Å². The van der Waals surface area contributed by atoms with E-state index in [2.05, 4.69) is 13.2 Å². The normalized spacial score (nSPS) is 9.61. The molecule has 102 valence electrons. The van der Waals surface area contributed by atoms with Crippen LogP contribution >= 0.6 is 0 Å². The first-order chi connectivity index (χ1) is 8.56. The van der Waals surface area contributed by atoms with Gasteiger partial charge >= 0.3 is 12.0 Å². The van der Waals surface area contributed by atoms with E-state index in [0.29, 0.717) is 13.1 Å². The van der Waals surface area contributed by atoms with Crippen molar-refractivity contribution in [1.29, 1.82) is 0 Å². The second-order valence-corrected chi connectivity index (χ2v) is 3.57. The van der Waals surface area contributed by atoms with E-state index < -0.39 is 5.97 Å². The Hall–Kier alpha value is -1.82. The number of nitrogens with zero attached hydrogens (tertiary/aromatic N) is 2. The number of rotatable bonds is 9. The predicted molar refractivity (Wildman–Crippen MR) is 68.4 cm³/mol. The van der Waals surface area contributed by atoms with Crippen molar-refractivity contribution < 1.29 is 19.4 Å². The van der Waals surface area contributed by atoms with E-state index in [9.17, 15) is 9.59 Å². The Balaban J connectivity index is 4.70. The van der Waals surface area contributed by atoms with Crippen molar-refractivity contribution in [1.82, 2.24) is 9.80 Å². The molecular formula is C12H20N2O4. The summed E-state index contributed by atoms with van der Waals surface area (Å²) in [6.45, 7) is 7.96. The van der Waals surface area contributed by atoms with Crippen LogP contribution in [0.2, 0.25) is 0 Å². The standard InChI is InChI=1S/C12H20N2O4/c1-4-6-13(7-5-2)12(17)14(8-9-18-3)10-11(15)16/h4-5H,1-2,6-10H2,3H3,(H,15,16). The van der Waals surface area contributed by atoms with Gasteiger partial charge in [0.05, 0.1) is 6.61 Å². The molecule has 0 unspecified atom stereocenters. The number of aliphatic carboxylic acids is 1. The molecule has 0 spiro atoms. The topological polar surface area (TPSA) is 70.1 Å². The van der Waals surface area contributed by atoms with Crippen molar-refractivity contribution in [2.24, 2.45) is 0 Å². The van der Waals surface area contributed by atoms with Gasteiger partial charge in [0, 0.05) is 26.7 Å². The number of carbonyl (C=O) groups excluding carboxylic acids is 1. The van der Waals surface area contributed by atoms with Gasteiger partial charge in [0.2, 0.25) is 0 Å². The number of urea groups is 1. The highest BCUT2D eigenvalue weighted by Crippen LogP contribution is 2.00. The first-order valence-corrected chi connectivity index (χ1v) is 5.53. The van der Waals surface area contributed by atoms with Gasteiger partial charge in [0.1, 0.15) is 6.54 Å². The minimum Gasteiger partial charge on any atom is -0.480 e. The molecule has 2 amide bonds. The monoisotopic (exact) mass is 256 g/mol. The van der Waals surface area contributed by atoms with Crippen LogP contribution < -0.4 is 0 Å². The molecule has 0 aromatic carbocycles. The summed E-state index contributed by atoms with van der Waals surface area (Å²) in [6, 6.07) is -0.366. The Morgan fingerprint density at radius 3 is 2.17 bits per heavy atom. The Kier molecular flexibility index (Phi) is 8.30. The summed E-state index contributed by atoms with van der Waals surface area (Å²) in [7, 11) is 1.49. The smallest absolute Gasteiger partial charge is 0.323 e. The zero-order valence-electron chi connectivity index (χ0n) is 10.7. The number of hydrogen-bond acceptors (Lipinski definition) is 3.